The smallest absolute Gasteiger partial charge is 0.306 e. The van der Waals surface area contributed by atoms with Crippen LogP contribution in [0.5, 0.6) is 0 Å². The van der Waals surface area contributed by atoms with E-state index in [-0.39, 0.29) is 36.5 Å². The van der Waals surface area contributed by atoms with Crippen LogP contribution in [0.4, 0.5) is 0 Å². The molecule has 2 heterocycles. The highest BCUT2D eigenvalue weighted by atomic mass is 127. The number of carboxylic acids is 1. The van der Waals surface area contributed by atoms with Crippen LogP contribution < -0.4 is 5.32 Å². The first-order valence-electron chi connectivity index (χ1n) is 12.2. The van der Waals surface area contributed by atoms with Gasteiger partial charge in [-0.3, -0.25) is 13.8 Å². The molecule has 0 radical (unpaired) electrons. The standard InChI is InChI=1S/C26H30IN3O6S/c1-15-8-10-17(11-9-15)23-22(24(31)28-2)19-13-20(27)21(29-25(19)36-23)14-30(37(34)35)12-4-6-16-5-3-7-18(16)26(32)33/h8-11,13,16,18H,3-7,12,14H2,1-2H3,(H,28,31)(H,32,33)(H,34,35)/p-1. The van der Waals surface area contributed by atoms with E-state index in [4.69, 9.17) is 4.42 Å². The molecule has 1 aliphatic rings. The molecule has 198 valence electrons. The zero-order chi connectivity index (χ0) is 26.7. The lowest BCUT2D eigenvalue weighted by Crippen LogP contribution is -2.28. The third kappa shape index (κ3) is 6.21. The first-order chi connectivity index (χ1) is 17.7. The van der Waals surface area contributed by atoms with Gasteiger partial charge in [-0.25, -0.2) is 9.29 Å². The quantitative estimate of drug-likeness (QED) is 0.244. The molecule has 0 bridgehead atoms. The fourth-order valence-corrected chi connectivity index (χ4v) is 6.12. The summed E-state index contributed by atoms with van der Waals surface area (Å²) in [5.74, 6) is -0.913. The molecule has 1 amide bonds. The normalized spacial score (nSPS) is 18.4. The number of amides is 1. The van der Waals surface area contributed by atoms with Crippen molar-refractivity contribution in [2.75, 3.05) is 13.6 Å². The number of carbonyl (C=O) groups excluding carboxylic acids is 1. The SMILES string of the molecule is CNC(=O)c1c(-c2ccc(C)cc2)oc2nc(CN(CCCC3CCCC3C(=O)O)S(=O)[O-])c(I)cc12. The molecule has 1 fully saturated rings. The van der Waals surface area contributed by atoms with Crippen molar-refractivity contribution in [3.8, 4) is 11.3 Å². The van der Waals surface area contributed by atoms with Gasteiger partial charge in [0.1, 0.15) is 5.76 Å². The summed E-state index contributed by atoms with van der Waals surface area (Å²) < 4.78 is 32.1. The second-order valence-corrected chi connectivity index (χ2v) is 11.5. The molecule has 2 aromatic heterocycles. The van der Waals surface area contributed by atoms with Crippen molar-refractivity contribution in [3.63, 3.8) is 0 Å². The van der Waals surface area contributed by atoms with Crippen molar-refractivity contribution in [2.45, 2.75) is 45.6 Å². The van der Waals surface area contributed by atoms with Crippen molar-refractivity contribution in [1.29, 1.82) is 0 Å². The zero-order valence-electron chi connectivity index (χ0n) is 20.7. The number of halogens is 1. The highest BCUT2D eigenvalue weighted by Gasteiger charge is 2.32. The minimum absolute atomic E-state index is 0.0488. The Bertz CT molecular complexity index is 1330. The Morgan fingerprint density at radius 3 is 2.68 bits per heavy atom. The molecule has 0 spiro atoms. The van der Waals surface area contributed by atoms with Crippen LogP contribution in [0.15, 0.2) is 34.7 Å². The fourth-order valence-electron chi connectivity index (χ4n) is 5.02. The van der Waals surface area contributed by atoms with Crippen molar-refractivity contribution >= 4 is 56.8 Å². The molecule has 1 saturated carbocycles. The Balaban J connectivity index is 1.58. The Morgan fingerprint density at radius 1 is 1.30 bits per heavy atom. The van der Waals surface area contributed by atoms with Crippen LogP contribution >= 0.6 is 22.6 Å². The summed E-state index contributed by atoms with van der Waals surface area (Å²) in [7, 11) is 1.55. The van der Waals surface area contributed by atoms with Gasteiger partial charge in [-0.05, 0) is 67.2 Å². The second-order valence-electron chi connectivity index (χ2n) is 9.38. The highest BCUT2D eigenvalue weighted by molar-refractivity contribution is 14.1. The number of aromatic nitrogens is 1. The number of aryl methyl sites for hydroxylation is 1. The van der Waals surface area contributed by atoms with E-state index in [1.165, 1.54) is 4.31 Å². The Labute approximate surface area is 231 Å². The number of hydrogen-bond donors (Lipinski definition) is 2. The van der Waals surface area contributed by atoms with Crippen LogP contribution in [0.1, 0.15) is 53.7 Å². The molecule has 9 nitrogen and oxygen atoms in total. The van der Waals surface area contributed by atoms with Gasteiger partial charge in [0.15, 0.2) is 0 Å². The summed E-state index contributed by atoms with van der Waals surface area (Å²) in [5, 5.41) is 12.6. The molecule has 2 N–H and O–H groups in total. The van der Waals surface area contributed by atoms with Crippen LogP contribution in [0.25, 0.3) is 22.4 Å². The molecule has 0 aliphatic heterocycles. The van der Waals surface area contributed by atoms with E-state index >= 15 is 0 Å². The van der Waals surface area contributed by atoms with E-state index < -0.39 is 17.2 Å². The molecule has 1 aliphatic carbocycles. The number of furan rings is 1. The third-order valence-corrected chi connectivity index (χ3v) is 8.64. The van der Waals surface area contributed by atoms with Gasteiger partial charge in [-0.2, -0.15) is 0 Å². The second kappa shape index (κ2) is 12.0. The van der Waals surface area contributed by atoms with Crippen molar-refractivity contribution in [3.05, 3.63) is 50.7 Å². The van der Waals surface area contributed by atoms with Gasteiger partial charge in [0.05, 0.1) is 29.1 Å². The predicted molar refractivity (Wildman–Crippen MR) is 147 cm³/mol. The minimum Gasteiger partial charge on any atom is -0.760 e. The molecule has 3 unspecified atom stereocenters. The summed E-state index contributed by atoms with van der Waals surface area (Å²) in [4.78, 5) is 28.8. The van der Waals surface area contributed by atoms with E-state index in [0.717, 1.165) is 24.0 Å². The molecule has 4 rings (SSSR count). The van der Waals surface area contributed by atoms with E-state index in [1.807, 2.05) is 31.2 Å². The van der Waals surface area contributed by atoms with Gasteiger partial charge in [-0.15, -0.1) is 0 Å². The average molecular weight is 639 g/mol. The summed E-state index contributed by atoms with van der Waals surface area (Å²) in [6.45, 7) is 2.29. The zero-order valence-corrected chi connectivity index (χ0v) is 23.6. The largest absolute Gasteiger partial charge is 0.760 e. The van der Waals surface area contributed by atoms with Gasteiger partial charge in [0, 0.05) is 34.0 Å². The van der Waals surface area contributed by atoms with E-state index in [1.54, 1.807) is 13.1 Å². The number of pyridine rings is 1. The first-order valence-corrected chi connectivity index (χ1v) is 14.3. The van der Waals surface area contributed by atoms with Crippen molar-refractivity contribution < 1.29 is 27.9 Å². The van der Waals surface area contributed by atoms with Crippen LogP contribution in [0, 0.1) is 22.3 Å². The van der Waals surface area contributed by atoms with Gasteiger partial charge >= 0.3 is 5.97 Å². The number of nitrogens with zero attached hydrogens (tertiary/aromatic N) is 2. The molecule has 37 heavy (non-hydrogen) atoms. The molecular formula is C26H29IN3O6S-. The lowest BCUT2D eigenvalue weighted by molar-refractivity contribution is -0.143. The molecule has 3 atom stereocenters. The summed E-state index contributed by atoms with van der Waals surface area (Å²) in [5.41, 5.74) is 2.99. The Hall–Kier alpha value is -2.35. The molecule has 1 aromatic carbocycles. The van der Waals surface area contributed by atoms with Crippen LogP contribution in [-0.4, -0.2) is 48.6 Å². The first kappa shape index (κ1) is 27.7. The van der Waals surface area contributed by atoms with Gasteiger partial charge in [0.2, 0.25) is 5.71 Å². The summed E-state index contributed by atoms with van der Waals surface area (Å²) in [6, 6.07) is 9.43. The van der Waals surface area contributed by atoms with Crippen LogP contribution in [0.3, 0.4) is 0 Å². The molecule has 11 heteroatoms. The highest BCUT2D eigenvalue weighted by Crippen LogP contribution is 2.36. The van der Waals surface area contributed by atoms with Gasteiger partial charge in [-0.1, -0.05) is 36.2 Å². The topological polar surface area (TPSA) is 136 Å². The predicted octanol–water partition coefficient (Wildman–Crippen LogP) is 4.64. The summed E-state index contributed by atoms with van der Waals surface area (Å²) in [6.07, 6.45) is 3.68. The third-order valence-electron chi connectivity index (χ3n) is 6.97. The number of aliphatic carboxylic acids is 1. The number of fused-ring (bicyclic) bond motifs is 1. The van der Waals surface area contributed by atoms with E-state index in [2.05, 4.69) is 32.9 Å². The maximum absolute atomic E-state index is 12.8. The lowest BCUT2D eigenvalue weighted by atomic mass is 9.92. The van der Waals surface area contributed by atoms with Crippen molar-refractivity contribution in [1.82, 2.24) is 14.6 Å². The average Bonchev–Trinajstić information content (AvgIpc) is 3.48. The lowest BCUT2D eigenvalue weighted by Gasteiger charge is -2.25. The fraction of sp³-hybridized carbons (Fsp3) is 0.423. The van der Waals surface area contributed by atoms with E-state index in [9.17, 15) is 23.5 Å². The maximum Gasteiger partial charge on any atom is 0.306 e. The Morgan fingerprint density at radius 2 is 2.03 bits per heavy atom. The molecule has 0 saturated heterocycles. The monoisotopic (exact) mass is 638 g/mol. The van der Waals surface area contributed by atoms with Gasteiger partial charge < -0.3 is 19.4 Å². The summed E-state index contributed by atoms with van der Waals surface area (Å²) >= 11 is -0.382. The maximum atomic E-state index is 12.8. The van der Waals surface area contributed by atoms with Crippen molar-refractivity contribution in [2.24, 2.45) is 11.8 Å². The van der Waals surface area contributed by atoms with Crippen LogP contribution in [0.2, 0.25) is 0 Å². The number of hydrogen-bond acceptors (Lipinski definition) is 6. The molecular weight excluding hydrogens is 609 g/mol. The number of carbonyl (C=O) groups is 2. The number of carboxylic acid groups (broad SMARTS) is 1. The number of benzene rings is 1. The molecule has 3 aromatic rings. The van der Waals surface area contributed by atoms with Crippen LogP contribution in [-0.2, 0) is 22.6 Å². The Kier molecular flexibility index (Phi) is 8.98. The number of rotatable bonds is 10. The minimum atomic E-state index is -2.48. The van der Waals surface area contributed by atoms with E-state index in [0.29, 0.717) is 45.2 Å². The van der Waals surface area contributed by atoms with Gasteiger partial charge in [0.25, 0.3) is 5.91 Å². The number of nitrogens with one attached hydrogen (secondary N) is 1.